The van der Waals surface area contributed by atoms with Crippen LogP contribution < -0.4 is 0 Å². The summed E-state index contributed by atoms with van der Waals surface area (Å²) in [5.41, 5.74) is 3.09. The van der Waals surface area contributed by atoms with E-state index in [0.29, 0.717) is 0 Å². The van der Waals surface area contributed by atoms with Crippen molar-refractivity contribution in [3.8, 4) is 0 Å². The van der Waals surface area contributed by atoms with Gasteiger partial charge in [-0.1, -0.05) is 0 Å². The summed E-state index contributed by atoms with van der Waals surface area (Å²) in [4.78, 5) is 3.24. The Bertz CT molecular complexity index is 745. The number of hydrogen-bond donors (Lipinski definition) is 1. The summed E-state index contributed by atoms with van der Waals surface area (Å²) in [6, 6.07) is 1.92. The van der Waals surface area contributed by atoms with E-state index in [1.54, 1.807) is 6.20 Å². The molecule has 6 nitrogen and oxygen atoms in total. The van der Waals surface area contributed by atoms with Crippen LogP contribution in [0.4, 0.5) is 0 Å². The molecule has 0 atom stereocenters. The lowest BCUT2D eigenvalue weighted by Gasteiger charge is -2.06. The lowest BCUT2D eigenvalue weighted by molar-refractivity contribution is 0.526. The summed E-state index contributed by atoms with van der Waals surface area (Å²) in [5, 5.41) is 8.72. The highest BCUT2D eigenvalue weighted by molar-refractivity contribution is 7.71. The zero-order valence-corrected chi connectivity index (χ0v) is 11.8. The molecule has 0 spiro atoms. The minimum Gasteiger partial charge on any atom is -0.328 e. The summed E-state index contributed by atoms with van der Waals surface area (Å²) in [7, 11) is 0. The van der Waals surface area contributed by atoms with Crippen molar-refractivity contribution in [3.63, 3.8) is 0 Å². The first-order chi connectivity index (χ1) is 9.20. The smallest absolute Gasteiger partial charge is 0.179 e. The molecule has 19 heavy (non-hydrogen) atoms. The molecule has 3 rings (SSSR count). The highest BCUT2D eigenvalue weighted by Gasteiger charge is 2.13. The van der Waals surface area contributed by atoms with Crippen molar-refractivity contribution in [2.45, 2.75) is 33.5 Å². The van der Waals surface area contributed by atoms with Crippen molar-refractivity contribution in [1.82, 2.24) is 29.1 Å². The average molecular weight is 276 g/mol. The molecule has 0 aliphatic carbocycles. The van der Waals surface area contributed by atoms with Gasteiger partial charge in [-0.15, -0.1) is 0 Å². The fraction of sp³-hybridized carbons (Fsp3) is 0.417. The Morgan fingerprint density at radius 1 is 1.37 bits per heavy atom. The predicted octanol–water partition coefficient (Wildman–Crippen LogP) is 2.12. The number of aryl methyl sites for hydroxylation is 4. The van der Waals surface area contributed by atoms with E-state index in [1.165, 1.54) is 0 Å². The Labute approximate surface area is 115 Å². The molecule has 0 radical (unpaired) electrons. The number of imidazole rings is 1. The van der Waals surface area contributed by atoms with Crippen LogP contribution in [0.25, 0.3) is 11.2 Å². The highest BCUT2D eigenvalue weighted by atomic mass is 32.1. The van der Waals surface area contributed by atoms with Gasteiger partial charge in [-0.25, -0.2) is 4.68 Å². The summed E-state index contributed by atoms with van der Waals surface area (Å²) in [6.07, 6.45) is 3.74. The van der Waals surface area contributed by atoms with Crippen LogP contribution in [0, 0.1) is 11.7 Å². The zero-order chi connectivity index (χ0) is 13.4. The van der Waals surface area contributed by atoms with Gasteiger partial charge in [-0.3, -0.25) is 9.25 Å². The molecule has 3 heterocycles. The first-order valence-corrected chi connectivity index (χ1v) is 6.75. The first-order valence-electron chi connectivity index (χ1n) is 6.34. The van der Waals surface area contributed by atoms with E-state index in [4.69, 9.17) is 12.2 Å². The molecule has 7 heteroatoms. The molecule has 100 valence electrons. The Kier molecular flexibility index (Phi) is 2.98. The highest BCUT2D eigenvalue weighted by Crippen LogP contribution is 2.17. The molecule has 0 aromatic carbocycles. The summed E-state index contributed by atoms with van der Waals surface area (Å²) >= 11 is 5.41. The van der Waals surface area contributed by atoms with E-state index in [1.807, 2.05) is 28.6 Å². The number of nitrogens with zero attached hydrogens (tertiary/aromatic N) is 5. The lowest BCUT2D eigenvalue weighted by Crippen LogP contribution is -2.10. The van der Waals surface area contributed by atoms with Crippen molar-refractivity contribution in [1.29, 1.82) is 0 Å². The van der Waals surface area contributed by atoms with Crippen LogP contribution in [0.3, 0.4) is 0 Å². The molecular formula is C12H16N6S. The maximum absolute atomic E-state index is 5.41. The number of fused-ring (bicyclic) bond motifs is 1. The zero-order valence-electron chi connectivity index (χ0n) is 11.0. The molecule has 3 aromatic rings. The molecule has 0 saturated carbocycles. The molecule has 0 unspecified atom stereocenters. The minimum absolute atomic E-state index is 0.741. The first kappa shape index (κ1) is 12.2. The molecule has 0 bridgehead atoms. The Morgan fingerprint density at radius 3 is 2.89 bits per heavy atom. The Hall–Kier alpha value is -1.89. The van der Waals surface area contributed by atoms with Crippen molar-refractivity contribution >= 4 is 23.4 Å². The van der Waals surface area contributed by atoms with Crippen LogP contribution in [0.1, 0.15) is 12.6 Å². The van der Waals surface area contributed by atoms with Crippen molar-refractivity contribution in [2.24, 2.45) is 0 Å². The molecule has 0 aliphatic rings. The normalized spacial score (nSPS) is 11.5. The second-order valence-electron chi connectivity index (χ2n) is 4.45. The lowest BCUT2D eigenvalue weighted by atomic mass is 10.4. The van der Waals surface area contributed by atoms with E-state index < -0.39 is 0 Å². The monoisotopic (exact) mass is 276 g/mol. The summed E-state index contributed by atoms with van der Waals surface area (Å²) in [6.45, 7) is 6.49. The van der Waals surface area contributed by atoms with Gasteiger partial charge in [0.1, 0.15) is 5.52 Å². The van der Waals surface area contributed by atoms with Gasteiger partial charge in [0.15, 0.2) is 10.4 Å². The largest absolute Gasteiger partial charge is 0.328 e. The van der Waals surface area contributed by atoms with Crippen LogP contribution in [0.5, 0.6) is 0 Å². The topological polar surface area (TPSA) is 56.4 Å². The molecule has 0 amide bonds. The van der Waals surface area contributed by atoms with Crippen molar-refractivity contribution in [2.75, 3.05) is 0 Å². The molecular weight excluding hydrogens is 260 g/mol. The third kappa shape index (κ3) is 1.99. The summed E-state index contributed by atoms with van der Waals surface area (Å²) < 4.78 is 6.72. The minimum atomic E-state index is 0.741. The predicted molar refractivity (Wildman–Crippen MR) is 75.5 cm³/mol. The van der Waals surface area contributed by atoms with Crippen LogP contribution in [0.15, 0.2) is 18.5 Å². The maximum Gasteiger partial charge on any atom is 0.179 e. The van der Waals surface area contributed by atoms with Gasteiger partial charge in [0.05, 0.1) is 12.2 Å². The maximum atomic E-state index is 5.41. The molecule has 0 fully saturated rings. The summed E-state index contributed by atoms with van der Waals surface area (Å²) in [5.74, 6) is 0. The van der Waals surface area contributed by atoms with E-state index >= 15 is 0 Å². The molecule has 0 aliphatic heterocycles. The van der Waals surface area contributed by atoms with E-state index in [2.05, 4.69) is 26.7 Å². The van der Waals surface area contributed by atoms with Gasteiger partial charge in [-0.2, -0.15) is 10.2 Å². The Balaban J connectivity index is 2.02. The van der Waals surface area contributed by atoms with Gasteiger partial charge >= 0.3 is 0 Å². The van der Waals surface area contributed by atoms with Gasteiger partial charge in [-0.05, 0) is 32.1 Å². The third-order valence-corrected chi connectivity index (χ3v) is 3.57. The second-order valence-corrected chi connectivity index (χ2v) is 4.84. The number of aromatic nitrogens is 6. The third-order valence-electron chi connectivity index (χ3n) is 3.24. The number of hydrogen-bond acceptors (Lipinski definition) is 3. The van der Waals surface area contributed by atoms with E-state index in [-0.39, 0.29) is 0 Å². The average Bonchev–Trinajstić information content (AvgIpc) is 3.06. The van der Waals surface area contributed by atoms with Crippen LogP contribution >= 0.6 is 12.2 Å². The van der Waals surface area contributed by atoms with Crippen LogP contribution in [-0.4, -0.2) is 29.1 Å². The van der Waals surface area contributed by atoms with Crippen LogP contribution in [0.2, 0.25) is 0 Å². The second kappa shape index (κ2) is 4.65. The number of rotatable bonds is 4. The van der Waals surface area contributed by atoms with Crippen molar-refractivity contribution in [3.05, 3.63) is 28.9 Å². The fourth-order valence-electron chi connectivity index (χ4n) is 2.32. The molecule has 3 aromatic heterocycles. The van der Waals surface area contributed by atoms with Crippen LogP contribution in [-0.2, 0) is 19.6 Å². The Morgan fingerprint density at radius 2 is 2.21 bits per heavy atom. The number of nitrogens with one attached hydrogen (secondary N) is 1. The number of H-pyrrole nitrogens is 1. The van der Waals surface area contributed by atoms with E-state index in [9.17, 15) is 0 Å². The van der Waals surface area contributed by atoms with Gasteiger partial charge in [0, 0.05) is 25.5 Å². The van der Waals surface area contributed by atoms with Gasteiger partial charge in [0.25, 0.3) is 0 Å². The number of aromatic amines is 1. The molecule has 1 N–H and O–H groups in total. The van der Waals surface area contributed by atoms with Gasteiger partial charge in [0.2, 0.25) is 0 Å². The standard InChI is InChI=1S/C12H16N6S/c1-3-18-11-10(9(2)15-18)14-12(19)17(11)8-7-16-6-4-5-13-16/h4-6H,3,7-8H2,1-2H3,(H,14,19). The van der Waals surface area contributed by atoms with Gasteiger partial charge < -0.3 is 4.98 Å². The molecule has 0 saturated heterocycles. The van der Waals surface area contributed by atoms with E-state index in [0.717, 1.165) is 41.3 Å². The fourth-order valence-corrected chi connectivity index (χ4v) is 2.60. The quantitative estimate of drug-likeness (QED) is 0.743. The SMILES string of the molecule is CCn1nc(C)c2[nH]c(=S)n(CCn3cccn3)c21. The van der Waals surface area contributed by atoms with Crippen molar-refractivity contribution < 1.29 is 0 Å².